The predicted molar refractivity (Wildman–Crippen MR) is 136 cm³/mol. The van der Waals surface area contributed by atoms with Crippen molar-refractivity contribution in [3.63, 3.8) is 0 Å². The Balaban J connectivity index is 2.02. The number of aliphatic hydroxyl groups excluding tert-OH is 1. The lowest BCUT2D eigenvalue weighted by atomic mass is 9.97. The summed E-state index contributed by atoms with van der Waals surface area (Å²) in [4.78, 5) is 55.2. The minimum absolute atomic E-state index is 0.115. The molecule has 0 aromatic heterocycles. The highest BCUT2D eigenvalue weighted by Crippen LogP contribution is 2.18. The normalized spacial score (nSPS) is 21.7. The minimum Gasteiger partial charge on any atom is -0.480 e. The Labute approximate surface area is 223 Å². The first kappa shape index (κ1) is 31.9. The number of piperidine rings is 1. The molecule has 14 nitrogen and oxygen atoms in total. The zero-order chi connectivity index (χ0) is 28.1. The number of carboxylic acids is 3. The van der Waals surface area contributed by atoms with Gasteiger partial charge < -0.3 is 30.1 Å². The minimum atomic E-state index is -0.999. The van der Waals surface area contributed by atoms with E-state index in [9.17, 15) is 39.6 Å². The van der Waals surface area contributed by atoms with Gasteiger partial charge in [0.25, 0.3) is 0 Å². The number of carboxylic acid groups (broad SMARTS) is 3. The first-order valence-electron chi connectivity index (χ1n) is 13.1. The number of nitrogens with zero attached hydrogens (tertiary/aromatic N) is 5. The van der Waals surface area contributed by atoms with Crippen LogP contribution in [0.5, 0.6) is 0 Å². The molecule has 1 atom stereocenters. The van der Waals surface area contributed by atoms with Crippen molar-refractivity contribution >= 4 is 23.9 Å². The molecule has 0 aromatic carbocycles. The number of ether oxygens (including phenoxy) is 1. The largest absolute Gasteiger partial charge is 0.480 e. The second-order valence-electron chi connectivity index (χ2n) is 10.1. The SMILES string of the molecule is COC(=O)C1CCN(CC(O)CN2CCN(CC(=O)O)CCN(CC(=O)O)CCN(CC(=O)O)CC2)CC1. The zero-order valence-electron chi connectivity index (χ0n) is 22.2. The number of β-amino-alcohol motifs (C(OH)–C–C–N with tert-alkyl or cyclic N) is 1. The van der Waals surface area contributed by atoms with Gasteiger partial charge >= 0.3 is 23.9 Å². The lowest BCUT2D eigenvalue weighted by molar-refractivity contribution is -0.147. The van der Waals surface area contributed by atoms with Gasteiger partial charge in [-0.2, -0.15) is 0 Å². The molecule has 0 aromatic rings. The van der Waals surface area contributed by atoms with Crippen LogP contribution in [0, 0.1) is 5.92 Å². The number of likely N-dealkylation sites (tertiary alicyclic amines) is 1. The van der Waals surface area contributed by atoms with Crippen molar-refractivity contribution in [2.24, 2.45) is 5.92 Å². The molecule has 2 saturated heterocycles. The average molecular weight is 546 g/mol. The van der Waals surface area contributed by atoms with Crippen LogP contribution in [0.3, 0.4) is 0 Å². The number of aliphatic carboxylic acids is 3. The summed E-state index contributed by atoms with van der Waals surface area (Å²) >= 11 is 0. The molecule has 2 rings (SSSR count). The second-order valence-corrected chi connectivity index (χ2v) is 10.1. The molecular formula is C24H43N5O9. The van der Waals surface area contributed by atoms with E-state index in [2.05, 4.69) is 4.90 Å². The van der Waals surface area contributed by atoms with Crippen molar-refractivity contribution in [2.75, 3.05) is 105 Å². The molecule has 2 fully saturated rings. The van der Waals surface area contributed by atoms with Gasteiger partial charge in [-0.15, -0.1) is 0 Å². The smallest absolute Gasteiger partial charge is 0.317 e. The van der Waals surface area contributed by atoms with Crippen molar-refractivity contribution in [1.82, 2.24) is 24.5 Å². The van der Waals surface area contributed by atoms with Crippen LogP contribution in [0.2, 0.25) is 0 Å². The summed E-state index contributed by atoms with van der Waals surface area (Å²) in [6, 6.07) is 0. The molecule has 1 unspecified atom stereocenters. The van der Waals surface area contributed by atoms with Crippen LogP contribution in [0.1, 0.15) is 12.8 Å². The summed E-state index contributed by atoms with van der Waals surface area (Å²) in [6.07, 6.45) is 0.677. The van der Waals surface area contributed by atoms with E-state index in [4.69, 9.17) is 4.74 Å². The molecule has 14 heteroatoms. The molecule has 0 radical (unpaired) electrons. The van der Waals surface area contributed by atoms with Gasteiger partial charge in [0.15, 0.2) is 0 Å². The highest BCUT2D eigenvalue weighted by Gasteiger charge is 2.27. The van der Waals surface area contributed by atoms with E-state index in [0.717, 1.165) is 0 Å². The standard InChI is InChI=1S/C24H43N5O9/c1-38-24(37)19-2-4-25(5-3-19)14-20(30)15-26-6-8-27(16-21(31)32)10-12-29(18-23(35)36)13-11-28(9-7-26)17-22(33)34/h19-20,30H,2-18H2,1H3,(H,31,32)(H,33,34)(H,35,36). The van der Waals surface area contributed by atoms with E-state index < -0.39 is 24.0 Å². The van der Waals surface area contributed by atoms with Gasteiger partial charge in [0, 0.05) is 65.4 Å². The summed E-state index contributed by atoms with van der Waals surface area (Å²) in [5.74, 6) is -3.27. The second kappa shape index (κ2) is 16.6. The van der Waals surface area contributed by atoms with Gasteiger partial charge in [-0.25, -0.2) is 0 Å². The van der Waals surface area contributed by atoms with E-state index in [0.29, 0.717) is 91.4 Å². The maximum absolute atomic E-state index is 11.8. The van der Waals surface area contributed by atoms with Crippen molar-refractivity contribution in [2.45, 2.75) is 18.9 Å². The zero-order valence-corrected chi connectivity index (χ0v) is 22.2. The summed E-state index contributed by atoms with van der Waals surface area (Å²) in [5, 5.41) is 38.8. The fourth-order valence-corrected chi connectivity index (χ4v) is 4.98. The number of hydrogen-bond acceptors (Lipinski definition) is 11. The number of carbonyl (C=O) groups is 4. The van der Waals surface area contributed by atoms with Crippen LogP contribution >= 0.6 is 0 Å². The van der Waals surface area contributed by atoms with E-state index in [1.54, 1.807) is 14.7 Å². The summed E-state index contributed by atoms with van der Waals surface area (Å²) < 4.78 is 4.83. The molecule has 0 spiro atoms. The molecule has 0 saturated carbocycles. The predicted octanol–water partition coefficient (Wildman–Crippen LogP) is -2.29. The fourth-order valence-electron chi connectivity index (χ4n) is 4.98. The van der Waals surface area contributed by atoms with E-state index >= 15 is 0 Å². The summed E-state index contributed by atoms with van der Waals surface area (Å²) in [5.41, 5.74) is 0. The Morgan fingerprint density at radius 3 is 1.26 bits per heavy atom. The molecule has 4 N–H and O–H groups in total. The summed E-state index contributed by atoms with van der Waals surface area (Å²) in [7, 11) is 1.39. The molecule has 38 heavy (non-hydrogen) atoms. The molecule has 0 amide bonds. The van der Waals surface area contributed by atoms with E-state index in [1.165, 1.54) is 7.11 Å². The van der Waals surface area contributed by atoms with Crippen LogP contribution in [0.4, 0.5) is 0 Å². The van der Waals surface area contributed by atoms with Gasteiger partial charge in [0.05, 0.1) is 38.8 Å². The maximum atomic E-state index is 11.8. The first-order chi connectivity index (χ1) is 18.0. The van der Waals surface area contributed by atoms with Gasteiger partial charge in [0.1, 0.15) is 0 Å². The third kappa shape index (κ3) is 12.5. The average Bonchev–Trinajstić information content (AvgIpc) is 2.84. The highest BCUT2D eigenvalue weighted by molar-refractivity contribution is 5.72. The Bertz CT molecular complexity index is 746. The molecule has 2 aliphatic rings. The van der Waals surface area contributed by atoms with Gasteiger partial charge in [-0.3, -0.25) is 38.8 Å². The van der Waals surface area contributed by atoms with Crippen LogP contribution in [-0.2, 0) is 23.9 Å². The van der Waals surface area contributed by atoms with Crippen molar-refractivity contribution in [3.8, 4) is 0 Å². The van der Waals surface area contributed by atoms with Crippen LogP contribution in [0.25, 0.3) is 0 Å². The highest BCUT2D eigenvalue weighted by atomic mass is 16.5. The van der Waals surface area contributed by atoms with Crippen LogP contribution in [0.15, 0.2) is 0 Å². The Morgan fingerprint density at radius 2 is 0.947 bits per heavy atom. The molecular weight excluding hydrogens is 502 g/mol. The van der Waals surface area contributed by atoms with Crippen molar-refractivity contribution in [1.29, 1.82) is 0 Å². The molecule has 2 aliphatic heterocycles. The number of carbonyl (C=O) groups excluding carboxylic acids is 1. The molecule has 0 aliphatic carbocycles. The third-order valence-electron chi connectivity index (χ3n) is 7.07. The monoisotopic (exact) mass is 545 g/mol. The fraction of sp³-hybridized carbons (Fsp3) is 0.833. The first-order valence-corrected chi connectivity index (χ1v) is 13.1. The Hall–Kier alpha value is -2.36. The van der Waals surface area contributed by atoms with Crippen molar-refractivity contribution < 1.29 is 44.3 Å². The van der Waals surface area contributed by atoms with Crippen LogP contribution < -0.4 is 0 Å². The maximum Gasteiger partial charge on any atom is 0.317 e. The lowest BCUT2D eigenvalue weighted by Crippen LogP contribution is -2.50. The quantitative estimate of drug-likeness (QED) is 0.204. The Kier molecular flexibility index (Phi) is 13.9. The lowest BCUT2D eigenvalue weighted by Gasteiger charge is -2.35. The van der Waals surface area contributed by atoms with Gasteiger partial charge in [-0.05, 0) is 25.9 Å². The van der Waals surface area contributed by atoms with E-state index in [1.807, 2.05) is 4.90 Å². The van der Waals surface area contributed by atoms with E-state index in [-0.39, 0.29) is 31.5 Å². The molecule has 0 bridgehead atoms. The number of methoxy groups -OCH3 is 1. The third-order valence-corrected chi connectivity index (χ3v) is 7.07. The van der Waals surface area contributed by atoms with Crippen molar-refractivity contribution in [3.05, 3.63) is 0 Å². The number of hydrogen-bond donors (Lipinski definition) is 4. The summed E-state index contributed by atoms with van der Waals surface area (Å²) in [6.45, 7) is 4.69. The topological polar surface area (TPSA) is 175 Å². The molecule has 2 heterocycles. The number of esters is 1. The molecule has 218 valence electrons. The number of aliphatic hydroxyl groups is 1. The van der Waals surface area contributed by atoms with Gasteiger partial charge in [-0.1, -0.05) is 0 Å². The number of rotatable bonds is 11. The Morgan fingerprint density at radius 1 is 0.632 bits per heavy atom. The van der Waals surface area contributed by atoms with Gasteiger partial charge in [0.2, 0.25) is 0 Å². The van der Waals surface area contributed by atoms with Crippen LogP contribution in [-0.4, -0.2) is 180 Å².